The standard InChI is InChI=1S/C22H34O10/c1-11(2)6-16(25)32-21-22(3)13(7-23)4-5-14(22)12(10-30-21)9-29-20-19(28)18(27)17(26)15(8-24)31-20/h4,10-11,14-15,17-21,23-24,26-28H,5-9H2,1-3H3/t14-,15+,17+,18-,19+,20+,21-,22+/m0/s1. The summed E-state index contributed by atoms with van der Waals surface area (Å²) in [5, 5.41) is 49.3. The average Bonchev–Trinajstić information content (AvgIpc) is 3.10. The number of hydrogen-bond acceptors (Lipinski definition) is 10. The molecule has 0 aromatic carbocycles. The third-order valence-electron chi connectivity index (χ3n) is 6.54. The Balaban J connectivity index is 1.73. The lowest BCUT2D eigenvalue weighted by molar-refractivity contribution is -0.299. The van der Waals surface area contributed by atoms with Gasteiger partial charge in [-0.1, -0.05) is 19.9 Å². The van der Waals surface area contributed by atoms with Crippen LogP contribution in [0.15, 0.2) is 23.5 Å². The maximum absolute atomic E-state index is 12.3. The highest BCUT2D eigenvalue weighted by Crippen LogP contribution is 2.53. The van der Waals surface area contributed by atoms with E-state index in [0.29, 0.717) is 17.6 Å². The van der Waals surface area contributed by atoms with Crippen molar-refractivity contribution < 1.29 is 49.3 Å². The minimum Gasteiger partial charge on any atom is -0.461 e. The molecule has 10 heteroatoms. The third kappa shape index (κ3) is 4.72. The lowest BCUT2D eigenvalue weighted by atomic mass is 9.70. The summed E-state index contributed by atoms with van der Waals surface area (Å²) in [6.07, 6.45) is -3.60. The molecule has 0 spiro atoms. The molecule has 32 heavy (non-hydrogen) atoms. The smallest absolute Gasteiger partial charge is 0.309 e. The van der Waals surface area contributed by atoms with E-state index in [1.165, 1.54) is 6.26 Å². The highest BCUT2D eigenvalue weighted by atomic mass is 16.7. The molecule has 0 radical (unpaired) electrons. The monoisotopic (exact) mass is 458 g/mol. The van der Waals surface area contributed by atoms with Crippen LogP contribution < -0.4 is 0 Å². The van der Waals surface area contributed by atoms with E-state index >= 15 is 0 Å². The topological polar surface area (TPSA) is 155 Å². The molecule has 0 bridgehead atoms. The molecule has 2 aliphatic heterocycles. The first-order valence-electron chi connectivity index (χ1n) is 10.9. The molecule has 3 rings (SSSR count). The van der Waals surface area contributed by atoms with Crippen LogP contribution in [0.1, 0.15) is 33.6 Å². The van der Waals surface area contributed by atoms with Gasteiger partial charge in [0.05, 0.1) is 31.5 Å². The summed E-state index contributed by atoms with van der Waals surface area (Å²) in [5.41, 5.74) is 0.591. The summed E-state index contributed by atoms with van der Waals surface area (Å²) in [6, 6.07) is 0. The number of aliphatic hydroxyl groups is 5. The molecule has 0 unspecified atom stereocenters. The van der Waals surface area contributed by atoms with Gasteiger partial charge in [-0.05, 0) is 30.4 Å². The summed E-state index contributed by atoms with van der Waals surface area (Å²) >= 11 is 0. The predicted octanol–water partition coefficient (Wildman–Crippen LogP) is -0.423. The van der Waals surface area contributed by atoms with Gasteiger partial charge < -0.3 is 44.5 Å². The lowest BCUT2D eigenvalue weighted by Gasteiger charge is -2.44. The fourth-order valence-electron chi connectivity index (χ4n) is 4.58. The van der Waals surface area contributed by atoms with Crippen molar-refractivity contribution in [3.05, 3.63) is 23.5 Å². The van der Waals surface area contributed by atoms with Crippen molar-refractivity contribution in [1.82, 2.24) is 0 Å². The Kier molecular flexibility index (Phi) is 7.97. The Bertz CT molecular complexity index is 732. The lowest BCUT2D eigenvalue weighted by Crippen LogP contribution is -2.59. The van der Waals surface area contributed by atoms with Crippen molar-refractivity contribution in [2.24, 2.45) is 17.3 Å². The van der Waals surface area contributed by atoms with Crippen molar-refractivity contribution in [1.29, 1.82) is 0 Å². The molecule has 1 fully saturated rings. The van der Waals surface area contributed by atoms with Crippen LogP contribution in [0.25, 0.3) is 0 Å². The minimum atomic E-state index is -1.54. The zero-order valence-corrected chi connectivity index (χ0v) is 18.6. The van der Waals surface area contributed by atoms with Crippen LogP contribution >= 0.6 is 0 Å². The molecule has 0 aromatic rings. The van der Waals surface area contributed by atoms with Gasteiger partial charge in [0.15, 0.2) is 6.29 Å². The second kappa shape index (κ2) is 10.2. The van der Waals surface area contributed by atoms with Crippen LogP contribution in [0, 0.1) is 17.3 Å². The summed E-state index contributed by atoms with van der Waals surface area (Å²) in [6.45, 7) is 4.88. The molecule has 5 N–H and O–H groups in total. The van der Waals surface area contributed by atoms with Crippen LogP contribution in [-0.2, 0) is 23.7 Å². The molecule has 2 heterocycles. The summed E-state index contributed by atoms with van der Waals surface area (Å²) in [4.78, 5) is 12.3. The Labute approximate surface area is 187 Å². The molecule has 8 atom stereocenters. The number of carbonyl (C=O) groups excluding carboxylic acids is 1. The zero-order chi connectivity index (χ0) is 23.6. The molecule has 1 saturated heterocycles. The molecule has 10 nitrogen and oxygen atoms in total. The predicted molar refractivity (Wildman–Crippen MR) is 110 cm³/mol. The molecule has 0 amide bonds. The molecule has 3 aliphatic rings. The Morgan fingerprint density at radius 3 is 2.56 bits per heavy atom. The van der Waals surface area contributed by atoms with Crippen molar-refractivity contribution in [3.63, 3.8) is 0 Å². The number of allylic oxidation sites excluding steroid dienone is 1. The van der Waals surface area contributed by atoms with Crippen LogP contribution in [0.4, 0.5) is 0 Å². The first-order valence-corrected chi connectivity index (χ1v) is 10.9. The van der Waals surface area contributed by atoms with Gasteiger partial charge in [-0.2, -0.15) is 0 Å². The second-order valence-corrected chi connectivity index (χ2v) is 9.22. The van der Waals surface area contributed by atoms with Gasteiger partial charge in [-0.25, -0.2) is 0 Å². The van der Waals surface area contributed by atoms with Gasteiger partial charge >= 0.3 is 5.97 Å². The van der Waals surface area contributed by atoms with Gasteiger partial charge in [0.25, 0.3) is 6.29 Å². The Hall–Kier alpha value is -1.53. The number of carbonyl (C=O) groups is 1. The van der Waals surface area contributed by atoms with E-state index in [0.717, 1.165) is 0 Å². The van der Waals surface area contributed by atoms with Gasteiger partial charge in [-0.15, -0.1) is 0 Å². The summed E-state index contributed by atoms with van der Waals surface area (Å²) < 4.78 is 22.5. The van der Waals surface area contributed by atoms with Gasteiger partial charge in [0, 0.05) is 12.3 Å². The number of ether oxygens (including phenoxy) is 4. The van der Waals surface area contributed by atoms with Crippen LogP contribution in [0.2, 0.25) is 0 Å². The maximum atomic E-state index is 12.3. The molecular formula is C22H34O10. The number of esters is 1. The number of hydrogen-bond donors (Lipinski definition) is 5. The highest BCUT2D eigenvalue weighted by molar-refractivity contribution is 5.69. The summed E-state index contributed by atoms with van der Waals surface area (Å²) in [7, 11) is 0. The molecule has 1 aliphatic carbocycles. The first kappa shape index (κ1) is 25.1. The van der Waals surface area contributed by atoms with Crippen LogP contribution in [-0.4, -0.2) is 88.3 Å². The van der Waals surface area contributed by atoms with Crippen LogP contribution in [0.3, 0.4) is 0 Å². The van der Waals surface area contributed by atoms with Crippen molar-refractivity contribution >= 4 is 5.97 Å². The molecule has 0 aromatic heterocycles. The molecular weight excluding hydrogens is 424 g/mol. The average molecular weight is 459 g/mol. The van der Waals surface area contributed by atoms with E-state index in [4.69, 9.17) is 18.9 Å². The van der Waals surface area contributed by atoms with Gasteiger partial charge in [0.1, 0.15) is 24.4 Å². The van der Waals surface area contributed by atoms with Crippen LogP contribution in [0.5, 0.6) is 0 Å². The SMILES string of the molecule is CC(C)CC(=O)O[C@@H]1OC=C(CO[C@@H]2O[C@H](CO)[C@@H](O)[C@H](O)[C@H]2O)[C@@H]2CC=C(CO)[C@@]12C. The zero-order valence-electron chi connectivity index (χ0n) is 18.6. The fraction of sp³-hybridized carbons (Fsp3) is 0.773. The molecule has 182 valence electrons. The van der Waals surface area contributed by atoms with Gasteiger partial charge in [0.2, 0.25) is 0 Å². The fourth-order valence-corrected chi connectivity index (χ4v) is 4.58. The van der Waals surface area contributed by atoms with E-state index in [9.17, 15) is 30.3 Å². The van der Waals surface area contributed by atoms with E-state index in [1.54, 1.807) is 0 Å². The second-order valence-electron chi connectivity index (χ2n) is 9.22. The maximum Gasteiger partial charge on any atom is 0.309 e. The third-order valence-corrected chi connectivity index (χ3v) is 6.54. The van der Waals surface area contributed by atoms with Gasteiger partial charge in [-0.3, -0.25) is 4.79 Å². The first-order chi connectivity index (χ1) is 15.1. The number of aliphatic hydroxyl groups excluding tert-OH is 5. The van der Waals surface area contributed by atoms with Crippen molar-refractivity contribution in [3.8, 4) is 0 Å². The highest BCUT2D eigenvalue weighted by Gasteiger charge is 2.54. The quantitative estimate of drug-likeness (QED) is 0.239. The van der Waals surface area contributed by atoms with E-state index < -0.39 is 49.0 Å². The van der Waals surface area contributed by atoms with E-state index in [-0.39, 0.29) is 37.4 Å². The Morgan fingerprint density at radius 1 is 1.22 bits per heavy atom. The normalized spacial score (nSPS) is 39.2. The van der Waals surface area contributed by atoms with E-state index in [2.05, 4.69) is 0 Å². The summed E-state index contributed by atoms with van der Waals surface area (Å²) in [5.74, 6) is -0.451. The number of rotatable bonds is 8. The van der Waals surface area contributed by atoms with Crippen molar-refractivity contribution in [2.45, 2.75) is 70.6 Å². The Morgan fingerprint density at radius 2 is 1.94 bits per heavy atom. The van der Waals surface area contributed by atoms with E-state index in [1.807, 2.05) is 26.8 Å². The number of fused-ring (bicyclic) bond motifs is 1. The molecule has 0 saturated carbocycles. The minimum absolute atomic E-state index is 0.0395. The van der Waals surface area contributed by atoms with Crippen molar-refractivity contribution in [2.75, 3.05) is 19.8 Å². The largest absolute Gasteiger partial charge is 0.461 e.